The second kappa shape index (κ2) is 5.80. The van der Waals surface area contributed by atoms with Gasteiger partial charge in [0.15, 0.2) is 5.65 Å². The van der Waals surface area contributed by atoms with Crippen LogP contribution in [0.25, 0.3) is 11.2 Å². The molecule has 2 aliphatic carbocycles. The highest BCUT2D eigenvalue weighted by atomic mass is 16.1. The zero-order valence-electron chi connectivity index (χ0n) is 13.5. The van der Waals surface area contributed by atoms with Crippen molar-refractivity contribution in [1.29, 1.82) is 0 Å². The van der Waals surface area contributed by atoms with E-state index in [4.69, 9.17) is 0 Å². The molecule has 5 nitrogen and oxygen atoms in total. The Bertz CT molecular complexity index is 777. The second-order valence-corrected chi connectivity index (χ2v) is 6.71. The number of aromatic amines is 1. The van der Waals surface area contributed by atoms with Gasteiger partial charge in [-0.05, 0) is 45.4 Å². The van der Waals surface area contributed by atoms with Gasteiger partial charge in [-0.15, -0.1) is 0 Å². The molecule has 0 aromatic carbocycles. The van der Waals surface area contributed by atoms with Crippen LogP contribution < -0.4 is 5.32 Å². The Morgan fingerprint density at radius 3 is 2.78 bits per heavy atom. The Morgan fingerprint density at radius 2 is 2.04 bits per heavy atom. The minimum Gasteiger partial charge on any atom is -0.344 e. The molecule has 2 saturated carbocycles. The van der Waals surface area contributed by atoms with Crippen LogP contribution in [0.15, 0.2) is 23.7 Å². The Kier molecular flexibility index (Phi) is 3.63. The van der Waals surface area contributed by atoms with Crippen LogP contribution in [0.5, 0.6) is 0 Å². The van der Waals surface area contributed by atoms with Crippen molar-refractivity contribution in [2.24, 2.45) is 0 Å². The highest BCUT2D eigenvalue weighted by Crippen LogP contribution is 2.39. The molecule has 0 unspecified atom stereocenters. The number of H-pyrrole nitrogens is 1. The lowest BCUT2D eigenvalue weighted by Gasteiger charge is -2.17. The third-order valence-electron chi connectivity index (χ3n) is 4.93. The maximum Gasteiger partial charge on any atom is 0.259 e. The number of hydrogen-bond acceptors (Lipinski definition) is 3. The standard InChI is InChI=1S/C18H22N4O/c1-11(12-5-3-2-4-6-12)21-18(23)14-9-19-17-16(14)22-15(10-20-17)13-7-8-13/h9-10,13H,2-8H2,1H3,(H,19,20)(H,21,23). The predicted molar refractivity (Wildman–Crippen MR) is 89.1 cm³/mol. The molecule has 0 spiro atoms. The van der Waals surface area contributed by atoms with Gasteiger partial charge in [0.05, 0.1) is 17.5 Å². The molecule has 2 aromatic heterocycles. The van der Waals surface area contributed by atoms with Crippen molar-refractivity contribution in [3.8, 4) is 0 Å². The summed E-state index contributed by atoms with van der Waals surface area (Å²) in [7, 11) is 0. The number of aromatic nitrogens is 3. The van der Waals surface area contributed by atoms with Crippen LogP contribution in [0.1, 0.15) is 73.8 Å². The smallest absolute Gasteiger partial charge is 0.259 e. The van der Waals surface area contributed by atoms with E-state index in [9.17, 15) is 4.79 Å². The lowest BCUT2D eigenvalue weighted by molar-refractivity contribution is 0.0966. The van der Waals surface area contributed by atoms with Crippen LogP contribution in [-0.4, -0.2) is 20.9 Å². The molecule has 2 fully saturated rings. The van der Waals surface area contributed by atoms with E-state index in [2.05, 4.69) is 20.3 Å². The second-order valence-electron chi connectivity index (χ2n) is 6.71. The first kappa shape index (κ1) is 14.4. The van der Waals surface area contributed by atoms with Crippen molar-refractivity contribution in [3.63, 3.8) is 0 Å². The summed E-state index contributed by atoms with van der Waals surface area (Å²) in [5.41, 5.74) is 5.36. The quantitative estimate of drug-likeness (QED) is 0.905. The first-order valence-corrected chi connectivity index (χ1v) is 8.56. The molecule has 4 rings (SSSR count). The Labute approximate surface area is 135 Å². The van der Waals surface area contributed by atoms with Gasteiger partial charge >= 0.3 is 0 Å². The Morgan fingerprint density at radius 1 is 1.26 bits per heavy atom. The van der Waals surface area contributed by atoms with Gasteiger partial charge in [-0.2, -0.15) is 0 Å². The van der Waals surface area contributed by atoms with Crippen LogP contribution in [0, 0.1) is 0 Å². The maximum absolute atomic E-state index is 12.6. The van der Waals surface area contributed by atoms with Gasteiger partial charge in [0.1, 0.15) is 5.52 Å². The Hall–Kier alpha value is -2.17. The van der Waals surface area contributed by atoms with Crippen molar-refractivity contribution >= 4 is 17.1 Å². The van der Waals surface area contributed by atoms with E-state index in [-0.39, 0.29) is 5.91 Å². The van der Waals surface area contributed by atoms with E-state index < -0.39 is 0 Å². The average molecular weight is 310 g/mol. The molecule has 0 radical (unpaired) electrons. The molecule has 0 atom stereocenters. The molecular formula is C18H22N4O. The third-order valence-corrected chi connectivity index (χ3v) is 4.93. The van der Waals surface area contributed by atoms with Crippen LogP contribution in [0.4, 0.5) is 0 Å². The summed E-state index contributed by atoms with van der Waals surface area (Å²) in [4.78, 5) is 24.8. The molecule has 2 N–H and O–H groups in total. The number of nitrogens with one attached hydrogen (secondary N) is 2. The van der Waals surface area contributed by atoms with E-state index in [1.54, 1.807) is 6.20 Å². The van der Waals surface area contributed by atoms with E-state index in [0.717, 1.165) is 24.2 Å². The molecule has 1 amide bonds. The highest BCUT2D eigenvalue weighted by Gasteiger charge is 2.26. The van der Waals surface area contributed by atoms with Gasteiger partial charge < -0.3 is 10.3 Å². The Balaban J connectivity index is 1.60. The van der Waals surface area contributed by atoms with Gasteiger partial charge in [-0.25, -0.2) is 9.97 Å². The molecule has 2 aliphatic rings. The van der Waals surface area contributed by atoms with E-state index in [0.29, 0.717) is 22.6 Å². The average Bonchev–Trinajstić information content (AvgIpc) is 3.34. The minimum absolute atomic E-state index is 0.0888. The minimum atomic E-state index is -0.0888. The van der Waals surface area contributed by atoms with Crippen molar-refractivity contribution in [2.45, 2.75) is 57.8 Å². The summed E-state index contributed by atoms with van der Waals surface area (Å²) in [6.07, 6.45) is 11.9. The zero-order chi connectivity index (χ0) is 15.8. The van der Waals surface area contributed by atoms with Crippen LogP contribution in [0.3, 0.4) is 0 Å². The van der Waals surface area contributed by atoms with E-state index >= 15 is 0 Å². The van der Waals surface area contributed by atoms with Crippen molar-refractivity contribution in [2.75, 3.05) is 0 Å². The maximum atomic E-state index is 12.6. The number of hydrogen-bond donors (Lipinski definition) is 2. The lowest BCUT2D eigenvalue weighted by atomic mass is 9.93. The predicted octanol–water partition coefficient (Wildman–Crippen LogP) is 3.80. The summed E-state index contributed by atoms with van der Waals surface area (Å²) in [6, 6.07) is 0. The van der Waals surface area contributed by atoms with Crippen LogP contribution in [-0.2, 0) is 0 Å². The largest absolute Gasteiger partial charge is 0.344 e. The topological polar surface area (TPSA) is 70.7 Å². The molecule has 2 aromatic rings. The first-order valence-electron chi connectivity index (χ1n) is 8.56. The number of carbonyl (C=O) groups excluding carboxylic acids is 1. The van der Waals surface area contributed by atoms with E-state index in [1.807, 2.05) is 13.1 Å². The number of carbonyl (C=O) groups is 1. The lowest BCUT2D eigenvalue weighted by Crippen LogP contribution is -2.23. The van der Waals surface area contributed by atoms with Gasteiger partial charge in [0.25, 0.3) is 5.91 Å². The molecule has 0 aliphatic heterocycles. The SMILES string of the molecule is CC(NC(=O)c1c[nH]c2ncc(C3CC3)nc12)=C1CCCCC1. The molecule has 5 heteroatoms. The number of nitrogens with zero attached hydrogens (tertiary/aromatic N) is 2. The number of allylic oxidation sites excluding steroid dienone is 2. The number of fused-ring (bicyclic) bond motifs is 1. The summed E-state index contributed by atoms with van der Waals surface area (Å²) < 4.78 is 0. The monoisotopic (exact) mass is 310 g/mol. The van der Waals surface area contributed by atoms with Crippen LogP contribution >= 0.6 is 0 Å². The van der Waals surface area contributed by atoms with Crippen molar-refractivity contribution < 1.29 is 4.79 Å². The van der Waals surface area contributed by atoms with Gasteiger partial charge in [0, 0.05) is 17.8 Å². The van der Waals surface area contributed by atoms with Gasteiger partial charge in [-0.3, -0.25) is 4.79 Å². The number of amides is 1. The van der Waals surface area contributed by atoms with Gasteiger partial charge in [0.2, 0.25) is 0 Å². The number of rotatable bonds is 3. The fourth-order valence-corrected chi connectivity index (χ4v) is 3.33. The molecule has 120 valence electrons. The summed E-state index contributed by atoms with van der Waals surface area (Å²) in [5, 5.41) is 3.06. The molecular weight excluding hydrogens is 288 g/mol. The summed E-state index contributed by atoms with van der Waals surface area (Å²) in [5.74, 6) is 0.442. The van der Waals surface area contributed by atoms with Crippen molar-refractivity contribution in [1.82, 2.24) is 20.3 Å². The highest BCUT2D eigenvalue weighted by molar-refractivity contribution is 6.05. The van der Waals surface area contributed by atoms with E-state index in [1.165, 1.54) is 37.7 Å². The normalized spacial score (nSPS) is 18.2. The molecule has 0 bridgehead atoms. The fourth-order valence-electron chi connectivity index (χ4n) is 3.33. The van der Waals surface area contributed by atoms with Crippen LogP contribution in [0.2, 0.25) is 0 Å². The van der Waals surface area contributed by atoms with Gasteiger partial charge in [-0.1, -0.05) is 12.0 Å². The first-order chi connectivity index (χ1) is 11.2. The molecule has 2 heterocycles. The summed E-state index contributed by atoms with van der Waals surface area (Å²) in [6.45, 7) is 2.01. The molecule has 0 saturated heterocycles. The van der Waals surface area contributed by atoms with Crippen molar-refractivity contribution in [3.05, 3.63) is 34.9 Å². The molecule has 23 heavy (non-hydrogen) atoms. The fraction of sp³-hybridized carbons (Fsp3) is 0.500. The zero-order valence-corrected chi connectivity index (χ0v) is 13.5. The summed E-state index contributed by atoms with van der Waals surface area (Å²) >= 11 is 0. The third kappa shape index (κ3) is 2.87.